The molecule has 2 nitrogen and oxygen atoms in total. The molecule has 0 heterocycles. The van der Waals surface area contributed by atoms with E-state index >= 15 is 0 Å². The van der Waals surface area contributed by atoms with Crippen molar-refractivity contribution in [3.63, 3.8) is 0 Å². The molecule has 1 aromatic carbocycles. The van der Waals surface area contributed by atoms with Crippen LogP contribution in [-0.4, -0.2) is 19.6 Å². The van der Waals surface area contributed by atoms with Gasteiger partial charge in [0.1, 0.15) is 5.82 Å². The number of rotatable bonds is 5. The molecule has 1 aliphatic carbocycles. The Morgan fingerprint density at radius 1 is 1.47 bits per heavy atom. The minimum Gasteiger partial charge on any atom is -0.312 e. The molecule has 1 atom stereocenters. The Bertz CT molecular complexity index is 323. The van der Waals surface area contributed by atoms with Crippen molar-refractivity contribution in [1.29, 1.82) is 0 Å². The van der Waals surface area contributed by atoms with Gasteiger partial charge in [-0.05, 0) is 37.6 Å². The zero-order valence-electron chi connectivity index (χ0n) is 8.96. The second-order valence-electron chi connectivity index (χ2n) is 4.08. The van der Waals surface area contributed by atoms with Crippen molar-refractivity contribution in [2.24, 2.45) is 0 Å². The lowest BCUT2D eigenvalue weighted by Gasteiger charge is -2.17. The first-order valence-corrected chi connectivity index (χ1v) is 5.45. The highest BCUT2D eigenvalue weighted by molar-refractivity contribution is 5.20. The van der Waals surface area contributed by atoms with Gasteiger partial charge in [0.05, 0.1) is 0 Å². The number of halogens is 1. The van der Waals surface area contributed by atoms with E-state index in [1.54, 1.807) is 12.1 Å². The van der Waals surface area contributed by atoms with Gasteiger partial charge in [-0.25, -0.2) is 4.39 Å². The first kappa shape index (κ1) is 10.6. The summed E-state index contributed by atoms with van der Waals surface area (Å²) in [4.78, 5) is 0. The van der Waals surface area contributed by atoms with E-state index in [-0.39, 0.29) is 11.9 Å². The van der Waals surface area contributed by atoms with Crippen molar-refractivity contribution in [1.82, 2.24) is 10.6 Å². The van der Waals surface area contributed by atoms with Crippen molar-refractivity contribution in [3.8, 4) is 0 Å². The number of hydrogen-bond acceptors (Lipinski definition) is 2. The lowest BCUT2D eigenvalue weighted by molar-refractivity contribution is 0.522. The van der Waals surface area contributed by atoms with Crippen molar-refractivity contribution in [2.45, 2.75) is 24.9 Å². The van der Waals surface area contributed by atoms with Crippen LogP contribution in [0.15, 0.2) is 24.3 Å². The minimum atomic E-state index is -0.167. The Balaban J connectivity index is 1.97. The molecule has 0 radical (unpaired) electrons. The minimum absolute atomic E-state index is 0.167. The molecule has 3 heteroatoms. The van der Waals surface area contributed by atoms with Crippen LogP contribution in [0.25, 0.3) is 0 Å². The van der Waals surface area contributed by atoms with Gasteiger partial charge in [0.2, 0.25) is 0 Å². The fourth-order valence-corrected chi connectivity index (χ4v) is 1.68. The SMILES string of the molecule is CNC(CNC1CC1)c1cccc(F)c1. The van der Waals surface area contributed by atoms with Crippen LogP contribution in [0.3, 0.4) is 0 Å². The molecule has 2 N–H and O–H groups in total. The fourth-order valence-electron chi connectivity index (χ4n) is 1.68. The van der Waals surface area contributed by atoms with Crippen LogP contribution >= 0.6 is 0 Å². The number of benzene rings is 1. The summed E-state index contributed by atoms with van der Waals surface area (Å²) in [6, 6.07) is 7.67. The van der Waals surface area contributed by atoms with Crippen LogP contribution in [-0.2, 0) is 0 Å². The van der Waals surface area contributed by atoms with E-state index in [4.69, 9.17) is 0 Å². The standard InChI is InChI=1S/C12H17FN2/c1-14-12(8-15-11-5-6-11)9-3-2-4-10(13)7-9/h2-4,7,11-12,14-15H,5-6,8H2,1H3. The molecule has 2 rings (SSSR count). The molecule has 1 unspecified atom stereocenters. The first-order valence-electron chi connectivity index (χ1n) is 5.45. The molecule has 0 aliphatic heterocycles. The number of hydrogen-bond donors (Lipinski definition) is 2. The van der Waals surface area contributed by atoms with Crippen molar-refractivity contribution < 1.29 is 4.39 Å². The molecular weight excluding hydrogens is 191 g/mol. The maximum atomic E-state index is 13.0. The van der Waals surface area contributed by atoms with Crippen molar-refractivity contribution in [2.75, 3.05) is 13.6 Å². The summed E-state index contributed by atoms with van der Waals surface area (Å²) >= 11 is 0. The van der Waals surface area contributed by atoms with Gasteiger partial charge in [-0.15, -0.1) is 0 Å². The van der Waals surface area contributed by atoms with Crippen LogP contribution in [0.2, 0.25) is 0 Å². The summed E-state index contributed by atoms with van der Waals surface area (Å²) in [7, 11) is 1.91. The number of likely N-dealkylation sites (N-methyl/N-ethyl adjacent to an activating group) is 1. The van der Waals surface area contributed by atoms with E-state index in [1.807, 2.05) is 13.1 Å². The number of nitrogens with one attached hydrogen (secondary N) is 2. The molecule has 1 fully saturated rings. The van der Waals surface area contributed by atoms with Gasteiger partial charge in [-0.1, -0.05) is 12.1 Å². The molecule has 0 amide bonds. The van der Waals surface area contributed by atoms with Crippen LogP contribution < -0.4 is 10.6 Å². The molecule has 1 aliphatic rings. The molecule has 82 valence electrons. The molecule has 0 saturated heterocycles. The van der Waals surface area contributed by atoms with Gasteiger partial charge >= 0.3 is 0 Å². The Morgan fingerprint density at radius 2 is 2.27 bits per heavy atom. The van der Waals surface area contributed by atoms with Gasteiger partial charge in [0.15, 0.2) is 0 Å². The van der Waals surface area contributed by atoms with Crippen LogP contribution in [0.1, 0.15) is 24.4 Å². The Labute approximate surface area is 89.9 Å². The Morgan fingerprint density at radius 3 is 2.87 bits per heavy atom. The highest BCUT2D eigenvalue weighted by atomic mass is 19.1. The van der Waals surface area contributed by atoms with Gasteiger partial charge in [0, 0.05) is 18.6 Å². The Kier molecular flexibility index (Phi) is 3.34. The molecule has 0 aromatic heterocycles. The second-order valence-corrected chi connectivity index (χ2v) is 4.08. The molecule has 1 saturated carbocycles. The van der Waals surface area contributed by atoms with Crippen LogP contribution in [0.5, 0.6) is 0 Å². The third-order valence-corrected chi connectivity index (χ3v) is 2.79. The van der Waals surface area contributed by atoms with Gasteiger partial charge < -0.3 is 10.6 Å². The van der Waals surface area contributed by atoms with E-state index in [0.717, 1.165) is 12.1 Å². The van der Waals surface area contributed by atoms with Crippen molar-refractivity contribution >= 4 is 0 Å². The molecule has 0 bridgehead atoms. The highest BCUT2D eigenvalue weighted by Crippen LogP contribution is 2.20. The normalized spacial score (nSPS) is 17.7. The maximum Gasteiger partial charge on any atom is 0.123 e. The lowest BCUT2D eigenvalue weighted by Crippen LogP contribution is -2.30. The van der Waals surface area contributed by atoms with E-state index in [0.29, 0.717) is 6.04 Å². The maximum absolute atomic E-state index is 13.0. The molecule has 1 aromatic rings. The summed E-state index contributed by atoms with van der Waals surface area (Å²) in [5.74, 6) is -0.167. The second kappa shape index (κ2) is 4.73. The predicted octanol–water partition coefficient (Wildman–Crippen LogP) is 1.84. The molecular formula is C12H17FN2. The average Bonchev–Trinajstić information content (AvgIpc) is 3.03. The molecule has 15 heavy (non-hydrogen) atoms. The Hall–Kier alpha value is -0.930. The van der Waals surface area contributed by atoms with Crippen molar-refractivity contribution in [3.05, 3.63) is 35.6 Å². The van der Waals surface area contributed by atoms with E-state index in [2.05, 4.69) is 10.6 Å². The third kappa shape index (κ3) is 3.01. The average molecular weight is 208 g/mol. The van der Waals surface area contributed by atoms with Gasteiger partial charge in [-0.3, -0.25) is 0 Å². The predicted molar refractivity (Wildman–Crippen MR) is 59.2 cm³/mol. The third-order valence-electron chi connectivity index (χ3n) is 2.79. The monoisotopic (exact) mass is 208 g/mol. The summed E-state index contributed by atoms with van der Waals surface area (Å²) in [5, 5.41) is 6.64. The van der Waals surface area contributed by atoms with E-state index in [9.17, 15) is 4.39 Å². The van der Waals surface area contributed by atoms with Gasteiger partial charge in [0.25, 0.3) is 0 Å². The van der Waals surface area contributed by atoms with Gasteiger partial charge in [-0.2, -0.15) is 0 Å². The van der Waals surface area contributed by atoms with Crippen LogP contribution in [0.4, 0.5) is 4.39 Å². The first-order chi connectivity index (χ1) is 7.29. The summed E-state index contributed by atoms with van der Waals surface area (Å²) in [6.07, 6.45) is 2.55. The van der Waals surface area contributed by atoms with Crippen LogP contribution in [0, 0.1) is 5.82 Å². The lowest BCUT2D eigenvalue weighted by atomic mass is 10.1. The quantitative estimate of drug-likeness (QED) is 0.771. The molecule has 0 spiro atoms. The van der Waals surface area contributed by atoms with E-state index < -0.39 is 0 Å². The summed E-state index contributed by atoms with van der Waals surface area (Å²) < 4.78 is 13.0. The topological polar surface area (TPSA) is 24.1 Å². The summed E-state index contributed by atoms with van der Waals surface area (Å²) in [5.41, 5.74) is 1.01. The summed E-state index contributed by atoms with van der Waals surface area (Å²) in [6.45, 7) is 0.866. The fraction of sp³-hybridized carbons (Fsp3) is 0.500. The largest absolute Gasteiger partial charge is 0.312 e. The zero-order chi connectivity index (χ0) is 10.7. The zero-order valence-corrected chi connectivity index (χ0v) is 8.96. The smallest absolute Gasteiger partial charge is 0.123 e. The highest BCUT2D eigenvalue weighted by Gasteiger charge is 2.21. The van der Waals surface area contributed by atoms with E-state index in [1.165, 1.54) is 18.9 Å².